The van der Waals surface area contributed by atoms with Crippen LogP contribution in [0.1, 0.15) is 40.7 Å². The van der Waals surface area contributed by atoms with Crippen molar-refractivity contribution in [3.05, 3.63) is 89.6 Å². The van der Waals surface area contributed by atoms with E-state index in [1.165, 1.54) is 24.8 Å². The Morgan fingerprint density at radius 1 is 0.914 bits per heavy atom. The summed E-state index contributed by atoms with van der Waals surface area (Å²) < 4.78 is 2.18. The molecule has 1 saturated heterocycles. The molecule has 2 aromatic carbocycles. The van der Waals surface area contributed by atoms with Crippen molar-refractivity contribution in [1.29, 1.82) is 0 Å². The lowest BCUT2D eigenvalue weighted by Crippen LogP contribution is -2.37. The van der Waals surface area contributed by atoms with E-state index < -0.39 is 0 Å². The van der Waals surface area contributed by atoms with E-state index in [2.05, 4.69) is 44.0 Å². The molecule has 7 heteroatoms. The Morgan fingerprint density at radius 2 is 1.71 bits per heavy atom. The molecule has 1 aliphatic rings. The Balaban J connectivity index is 1.20. The molecule has 0 atom stereocenters. The summed E-state index contributed by atoms with van der Waals surface area (Å²) in [4.78, 5) is 24.4. The van der Waals surface area contributed by atoms with Crippen molar-refractivity contribution in [3.8, 4) is 0 Å². The molecule has 2 aromatic heterocycles. The normalized spacial score (nSPS) is 14.3. The van der Waals surface area contributed by atoms with Crippen molar-refractivity contribution in [2.75, 3.05) is 26.2 Å². The number of carbonyl (C=O) groups excluding carboxylic acids is 1. The molecule has 1 amide bonds. The van der Waals surface area contributed by atoms with Gasteiger partial charge in [-0.2, -0.15) is 0 Å². The van der Waals surface area contributed by atoms with Gasteiger partial charge in [-0.3, -0.25) is 9.36 Å². The monoisotopic (exact) mass is 485 g/mol. The number of amides is 1. The average Bonchev–Trinajstić information content (AvgIpc) is 3.26. The van der Waals surface area contributed by atoms with Gasteiger partial charge in [0.05, 0.1) is 6.54 Å². The Hall–Kier alpha value is -3.16. The predicted octanol–water partition coefficient (Wildman–Crippen LogP) is 4.99. The maximum atomic E-state index is 12.5. The number of hydrogen-bond donors (Lipinski definition) is 1. The molecular formula is C28H31N5OS. The van der Waals surface area contributed by atoms with Gasteiger partial charge in [-0.15, -0.1) is 0 Å². The van der Waals surface area contributed by atoms with E-state index >= 15 is 0 Å². The Morgan fingerprint density at radius 3 is 2.51 bits per heavy atom. The second-order valence-electron chi connectivity index (χ2n) is 8.96. The van der Waals surface area contributed by atoms with Gasteiger partial charge in [0.25, 0.3) is 5.91 Å². The number of piperidine rings is 1. The van der Waals surface area contributed by atoms with E-state index in [0.29, 0.717) is 12.1 Å². The molecule has 1 N–H and O–H groups in total. The minimum Gasteiger partial charge on any atom is -0.351 e. The van der Waals surface area contributed by atoms with Gasteiger partial charge in [0.15, 0.2) is 10.8 Å². The van der Waals surface area contributed by atoms with Gasteiger partial charge in [-0.1, -0.05) is 60.6 Å². The van der Waals surface area contributed by atoms with Gasteiger partial charge in [-0.25, -0.2) is 9.97 Å². The number of fused-ring (bicyclic) bond motifs is 1. The second kappa shape index (κ2) is 11.5. The lowest BCUT2D eigenvalue weighted by atomic mass is 10.1. The van der Waals surface area contributed by atoms with Gasteiger partial charge in [0.2, 0.25) is 0 Å². The fourth-order valence-corrected chi connectivity index (χ4v) is 5.43. The summed E-state index contributed by atoms with van der Waals surface area (Å²) in [6.45, 7) is 4.66. The molecule has 180 valence electrons. The van der Waals surface area contributed by atoms with E-state index in [4.69, 9.17) is 4.98 Å². The van der Waals surface area contributed by atoms with Crippen LogP contribution >= 0.6 is 11.8 Å². The van der Waals surface area contributed by atoms with Crippen LogP contribution in [0.2, 0.25) is 0 Å². The third kappa shape index (κ3) is 6.10. The highest BCUT2D eigenvalue weighted by Gasteiger charge is 2.14. The summed E-state index contributed by atoms with van der Waals surface area (Å²) in [5.74, 6) is 0.770. The zero-order valence-electron chi connectivity index (χ0n) is 19.9. The maximum Gasteiger partial charge on any atom is 0.251 e. The molecule has 0 radical (unpaired) electrons. The van der Waals surface area contributed by atoms with E-state index in [-0.39, 0.29) is 5.91 Å². The third-order valence-electron chi connectivity index (χ3n) is 6.40. The van der Waals surface area contributed by atoms with Crippen molar-refractivity contribution < 1.29 is 4.79 Å². The highest BCUT2D eigenvalue weighted by Crippen LogP contribution is 2.27. The Kier molecular flexibility index (Phi) is 7.75. The molecule has 3 heterocycles. The van der Waals surface area contributed by atoms with E-state index in [9.17, 15) is 4.79 Å². The molecule has 6 nitrogen and oxygen atoms in total. The van der Waals surface area contributed by atoms with Crippen LogP contribution in [-0.4, -0.2) is 51.5 Å². The lowest BCUT2D eigenvalue weighted by molar-refractivity contribution is 0.0946. The van der Waals surface area contributed by atoms with Crippen LogP contribution < -0.4 is 5.32 Å². The van der Waals surface area contributed by atoms with Crippen LogP contribution in [-0.2, 0) is 12.3 Å². The highest BCUT2D eigenvalue weighted by molar-refractivity contribution is 7.98. The van der Waals surface area contributed by atoms with Gasteiger partial charge in [0, 0.05) is 30.6 Å². The van der Waals surface area contributed by atoms with Gasteiger partial charge >= 0.3 is 0 Å². The first-order chi connectivity index (χ1) is 17.3. The zero-order valence-corrected chi connectivity index (χ0v) is 20.7. The molecule has 4 aromatic rings. The quantitative estimate of drug-likeness (QED) is 0.339. The molecule has 0 unspecified atom stereocenters. The van der Waals surface area contributed by atoms with Gasteiger partial charge < -0.3 is 10.2 Å². The number of rotatable bonds is 9. The molecule has 5 rings (SSSR count). The Bertz CT molecular complexity index is 1250. The van der Waals surface area contributed by atoms with Crippen molar-refractivity contribution in [3.63, 3.8) is 0 Å². The molecule has 0 aliphatic carbocycles. The largest absolute Gasteiger partial charge is 0.351 e. The molecule has 0 saturated carbocycles. The molecule has 1 fully saturated rings. The predicted molar refractivity (Wildman–Crippen MR) is 142 cm³/mol. The fraction of sp³-hybridized carbons (Fsp3) is 0.321. The number of nitrogens with one attached hydrogen (secondary N) is 1. The number of hydrogen-bond acceptors (Lipinski definition) is 5. The lowest BCUT2D eigenvalue weighted by Gasteiger charge is -2.26. The highest BCUT2D eigenvalue weighted by atomic mass is 32.2. The number of thioether (sulfide) groups is 1. The fourth-order valence-electron chi connectivity index (χ4n) is 4.47. The Labute approximate surface area is 210 Å². The minimum atomic E-state index is -0.00283. The van der Waals surface area contributed by atoms with E-state index in [1.54, 1.807) is 11.8 Å². The third-order valence-corrected chi connectivity index (χ3v) is 7.45. The number of imidazole rings is 1. The molecule has 35 heavy (non-hydrogen) atoms. The summed E-state index contributed by atoms with van der Waals surface area (Å²) >= 11 is 1.69. The second-order valence-corrected chi connectivity index (χ2v) is 9.90. The number of benzene rings is 2. The van der Waals surface area contributed by atoms with Crippen LogP contribution in [0, 0.1) is 0 Å². The van der Waals surface area contributed by atoms with E-state index in [0.717, 1.165) is 53.8 Å². The van der Waals surface area contributed by atoms with Crippen LogP contribution in [0.15, 0.2) is 78.1 Å². The topological polar surface area (TPSA) is 63.1 Å². The molecular weight excluding hydrogens is 454 g/mol. The van der Waals surface area contributed by atoms with Crippen LogP contribution in [0.3, 0.4) is 0 Å². The van der Waals surface area contributed by atoms with E-state index in [1.807, 2.05) is 48.7 Å². The van der Waals surface area contributed by atoms with Crippen molar-refractivity contribution in [1.82, 2.24) is 24.8 Å². The number of carbonyl (C=O) groups is 1. The summed E-state index contributed by atoms with van der Waals surface area (Å²) in [6, 6.07) is 22.2. The van der Waals surface area contributed by atoms with Gasteiger partial charge in [-0.05, 0) is 61.3 Å². The smallest absolute Gasteiger partial charge is 0.251 e. The zero-order chi connectivity index (χ0) is 23.9. The summed E-state index contributed by atoms with van der Waals surface area (Å²) in [7, 11) is 0. The van der Waals surface area contributed by atoms with Crippen LogP contribution in [0.4, 0.5) is 0 Å². The number of likely N-dealkylation sites (tertiary alicyclic amines) is 1. The first-order valence-corrected chi connectivity index (χ1v) is 13.3. The number of nitrogens with zero attached hydrogens (tertiary/aromatic N) is 4. The number of pyridine rings is 1. The molecule has 1 aliphatic heterocycles. The summed E-state index contributed by atoms with van der Waals surface area (Å²) in [6.07, 6.45) is 5.69. The number of aromatic nitrogens is 3. The maximum absolute atomic E-state index is 12.5. The van der Waals surface area contributed by atoms with Crippen molar-refractivity contribution in [2.45, 2.75) is 36.7 Å². The first kappa shape index (κ1) is 23.6. The average molecular weight is 486 g/mol. The molecule has 0 bridgehead atoms. The molecule has 0 spiro atoms. The standard InChI is InChI=1S/C28H31N5OS/c34-27(30-16-19-32-17-5-2-6-18-32)24-13-11-23(12-14-24)21-35-28-31-25-10-7-15-29-26(25)33(28)20-22-8-3-1-4-9-22/h1,3-4,7-15H,2,5-6,16-21H2,(H,30,34). The summed E-state index contributed by atoms with van der Waals surface area (Å²) in [5.41, 5.74) is 4.89. The van der Waals surface area contributed by atoms with Gasteiger partial charge in [0.1, 0.15) is 5.52 Å². The van der Waals surface area contributed by atoms with Crippen molar-refractivity contribution >= 4 is 28.8 Å². The minimum absolute atomic E-state index is 0.00283. The SMILES string of the molecule is O=C(NCCN1CCCCC1)c1ccc(CSc2nc3cccnc3n2Cc2ccccc2)cc1. The van der Waals surface area contributed by atoms with Crippen LogP contribution in [0.5, 0.6) is 0 Å². The van der Waals surface area contributed by atoms with Crippen molar-refractivity contribution in [2.24, 2.45) is 0 Å². The summed E-state index contributed by atoms with van der Waals surface area (Å²) in [5, 5.41) is 4.01. The first-order valence-electron chi connectivity index (χ1n) is 12.3. The van der Waals surface area contributed by atoms with Crippen LogP contribution in [0.25, 0.3) is 11.2 Å².